The molecule has 0 N–H and O–H groups in total. The summed E-state index contributed by atoms with van der Waals surface area (Å²) in [6.45, 7) is 2.48. The molecule has 2 aromatic carbocycles. The zero-order valence-electron chi connectivity index (χ0n) is 21.4. The number of benzene rings is 2. The molecule has 1 aromatic heterocycles. The third kappa shape index (κ3) is 6.04. The number of amides is 1. The number of nitrogens with zero attached hydrogens (tertiary/aromatic N) is 6. The predicted molar refractivity (Wildman–Crippen MR) is 144 cm³/mol. The largest absolute Gasteiger partial charge is 0.861 e. The van der Waals surface area contributed by atoms with Crippen LogP contribution in [0.2, 0.25) is 0 Å². The highest BCUT2D eigenvalue weighted by molar-refractivity contribution is 8.14. The average molecular weight is 551 g/mol. The first-order valence-electron chi connectivity index (χ1n) is 12.1. The van der Waals surface area contributed by atoms with Crippen LogP contribution >= 0.6 is 11.8 Å². The molecule has 39 heavy (non-hydrogen) atoms. The van der Waals surface area contributed by atoms with Crippen molar-refractivity contribution in [2.75, 3.05) is 56.2 Å². The van der Waals surface area contributed by atoms with Gasteiger partial charge in [0.1, 0.15) is 5.70 Å². The van der Waals surface area contributed by atoms with Crippen LogP contribution < -0.4 is 29.3 Å². The minimum Gasteiger partial charge on any atom is -0.861 e. The Bertz CT molecular complexity index is 1420. The molecule has 0 radical (unpaired) electrons. The zero-order valence-corrected chi connectivity index (χ0v) is 22.2. The Hall–Kier alpha value is -4.36. The van der Waals surface area contributed by atoms with Crippen molar-refractivity contribution in [1.82, 2.24) is 5.27 Å². The SMILES string of the molecule is COc1ccc(/C=C2/N=C(SC/C([O-])=N\c3c[n+](N4CCOCC4)no3)N(c3ccccc3)C2=O)cc1OC. The van der Waals surface area contributed by atoms with Gasteiger partial charge in [0.2, 0.25) is 5.27 Å². The van der Waals surface area contributed by atoms with E-state index in [1.54, 1.807) is 56.8 Å². The molecule has 202 valence electrons. The van der Waals surface area contributed by atoms with Gasteiger partial charge in [0.25, 0.3) is 12.1 Å². The molecular formula is C26H26N6O6S. The number of hydrogen-bond acceptors (Lipinski definition) is 11. The van der Waals surface area contributed by atoms with E-state index in [1.165, 1.54) is 9.69 Å². The molecule has 0 atom stereocenters. The first kappa shape index (κ1) is 26.3. The van der Waals surface area contributed by atoms with Gasteiger partial charge in [-0.15, -0.1) is 5.01 Å². The van der Waals surface area contributed by atoms with Crippen molar-refractivity contribution in [3.8, 4) is 11.5 Å². The van der Waals surface area contributed by atoms with E-state index in [4.69, 9.17) is 18.7 Å². The summed E-state index contributed by atoms with van der Waals surface area (Å²) in [5.41, 5.74) is 1.57. The number of rotatable bonds is 8. The number of para-hydroxylation sites is 1. The highest BCUT2D eigenvalue weighted by atomic mass is 32.2. The fourth-order valence-electron chi connectivity index (χ4n) is 3.95. The second-order valence-electron chi connectivity index (χ2n) is 8.34. The summed E-state index contributed by atoms with van der Waals surface area (Å²) in [4.78, 5) is 25.0. The first-order valence-corrected chi connectivity index (χ1v) is 13.0. The second kappa shape index (κ2) is 12.0. The average Bonchev–Trinajstić information content (AvgIpc) is 3.56. The summed E-state index contributed by atoms with van der Waals surface area (Å²) < 4.78 is 21.2. The van der Waals surface area contributed by atoms with Crippen molar-refractivity contribution >= 4 is 46.4 Å². The molecule has 2 aliphatic heterocycles. The van der Waals surface area contributed by atoms with Crippen molar-refractivity contribution in [1.29, 1.82) is 0 Å². The second-order valence-corrected chi connectivity index (χ2v) is 9.28. The molecule has 1 amide bonds. The summed E-state index contributed by atoms with van der Waals surface area (Å²) in [6.07, 6.45) is 3.21. The fraction of sp³-hybridized carbons (Fsp3) is 0.269. The maximum absolute atomic E-state index is 13.4. The highest BCUT2D eigenvalue weighted by Crippen LogP contribution is 2.32. The van der Waals surface area contributed by atoms with Gasteiger partial charge in [-0.3, -0.25) is 14.2 Å². The normalized spacial score (nSPS) is 17.1. The molecule has 3 aromatic rings. The Morgan fingerprint density at radius 1 is 1.15 bits per heavy atom. The van der Waals surface area contributed by atoms with Gasteiger partial charge in [0.15, 0.2) is 16.7 Å². The molecule has 1 saturated heterocycles. The van der Waals surface area contributed by atoms with Gasteiger partial charge in [-0.25, -0.2) is 9.98 Å². The summed E-state index contributed by atoms with van der Waals surface area (Å²) >= 11 is 1.11. The highest BCUT2D eigenvalue weighted by Gasteiger charge is 2.32. The van der Waals surface area contributed by atoms with E-state index in [-0.39, 0.29) is 23.2 Å². The molecule has 2 aliphatic rings. The summed E-state index contributed by atoms with van der Waals surface area (Å²) in [5, 5.41) is 18.9. The maximum Gasteiger partial charge on any atom is 0.324 e. The molecule has 0 unspecified atom stereocenters. The lowest BCUT2D eigenvalue weighted by Crippen LogP contribution is -2.62. The van der Waals surface area contributed by atoms with Gasteiger partial charge in [-0.2, -0.15) is 0 Å². The predicted octanol–water partition coefficient (Wildman–Crippen LogP) is 1.51. The van der Waals surface area contributed by atoms with Crippen LogP contribution in [0.5, 0.6) is 11.5 Å². The quantitative estimate of drug-likeness (QED) is 0.177. The van der Waals surface area contributed by atoms with Gasteiger partial charge in [-0.1, -0.05) is 36.0 Å². The molecule has 0 aliphatic carbocycles. The van der Waals surface area contributed by atoms with E-state index < -0.39 is 5.90 Å². The van der Waals surface area contributed by atoms with Gasteiger partial charge in [0.05, 0.1) is 51.0 Å². The number of carbonyl (C=O) groups is 1. The Balaban J connectivity index is 1.35. The van der Waals surface area contributed by atoms with Crippen LogP contribution in [0.4, 0.5) is 11.6 Å². The zero-order chi connectivity index (χ0) is 27.2. The number of aliphatic imine (C=N–C) groups is 2. The van der Waals surface area contributed by atoms with Crippen LogP contribution in [0, 0.1) is 0 Å². The molecule has 5 rings (SSSR count). The number of hydrogen-bond donors (Lipinski definition) is 0. The van der Waals surface area contributed by atoms with Crippen LogP contribution in [0.15, 0.2) is 74.9 Å². The number of aromatic nitrogens is 2. The number of thioether (sulfide) groups is 1. The number of amidine groups is 1. The third-order valence-electron chi connectivity index (χ3n) is 5.84. The van der Waals surface area contributed by atoms with Gasteiger partial charge < -0.3 is 19.3 Å². The van der Waals surface area contributed by atoms with Crippen molar-refractivity contribution in [2.24, 2.45) is 9.98 Å². The molecule has 13 heteroatoms. The Morgan fingerprint density at radius 2 is 1.92 bits per heavy atom. The van der Waals surface area contributed by atoms with Crippen molar-refractivity contribution in [2.45, 2.75) is 0 Å². The molecule has 0 bridgehead atoms. The van der Waals surface area contributed by atoms with E-state index >= 15 is 0 Å². The van der Waals surface area contributed by atoms with Crippen LogP contribution in [-0.4, -0.2) is 68.5 Å². The van der Waals surface area contributed by atoms with Gasteiger partial charge in [-0.05, 0) is 41.8 Å². The van der Waals surface area contributed by atoms with Crippen molar-refractivity contribution < 1.29 is 33.4 Å². The first-order chi connectivity index (χ1) is 19.1. The standard InChI is InChI=1S/C26H26N6O6S/c1-35-21-9-8-18(15-22(21)36-2)14-20-25(34)32(19-6-4-3-5-7-19)26(27-20)39-17-23(33)28-24-16-31(29-38-24)30-10-12-37-13-11-30/h3-9,14-16H,10-13,17H2,1-2H3/b20-14+. The van der Waals surface area contributed by atoms with Crippen LogP contribution in [0.25, 0.3) is 6.08 Å². The van der Waals surface area contributed by atoms with Crippen LogP contribution in [0.3, 0.4) is 0 Å². The van der Waals surface area contributed by atoms with Crippen molar-refractivity contribution in [3.05, 3.63) is 66.0 Å². The minimum atomic E-state index is -0.453. The Morgan fingerprint density at radius 3 is 2.67 bits per heavy atom. The summed E-state index contributed by atoms with van der Waals surface area (Å²) in [5.74, 6) is 0.371. The molecular weight excluding hydrogens is 524 g/mol. The van der Waals surface area contributed by atoms with Crippen molar-refractivity contribution in [3.63, 3.8) is 0 Å². The number of anilines is 1. The lowest BCUT2D eigenvalue weighted by atomic mass is 10.1. The third-order valence-corrected chi connectivity index (χ3v) is 6.76. The smallest absolute Gasteiger partial charge is 0.324 e. The van der Waals surface area contributed by atoms with Gasteiger partial charge in [0, 0.05) is 5.75 Å². The van der Waals surface area contributed by atoms with E-state index in [9.17, 15) is 9.90 Å². The lowest BCUT2D eigenvalue weighted by Gasteiger charge is -2.18. The molecule has 1 fully saturated rings. The lowest BCUT2D eigenvalue weighted by molar-refractivity contribution is -0.759. The van der Waals surface area contributed by atoms with E-state index in [0.29, 0.717) is 54.2 Å². The molecule has 3 heterocycles. The number of ether oxygens (including phenoxy) is 3. The molecule has 0 saturated carbocycles. The van der Waals surface area contributed by atoms with E-state index in [0.717, 1.165) is 11.8 Å². The minimum absolute atomic E-state index is 0.0582. The van der Waals surface area contributed by atoms with Crippen LogP contribution in [-0.2, 0) is 9.53 Å². The molecule has 0 spiro atoms. The van der Waals surface area contributed by atoms with Gasteiger partial charge >= 0.3 is 5.88 Å². The number of morpholine rings is 1. The number of carbonyl (C=O) groups excluding carboxylic acids is 1. The van der Waals surface area contributed by atoms with E-state index in [2.05, 4.69) is 15.3 Å². The monoisotopic (exact) mass is 550 g/mol. The topological polar surface area (TPSA) is 129 Å². The Labute approximate surface area is 228 Å². The maximum atomic E-state index is 13.4. The van der Waals surface area contributed by atoms with Crippen LogP contribution in [0.1, 0.15) is 5.56 Å². The molecule has 12 nitrogen and oxygen atoms in total. The van der Waals surface area contributed by atoms with E-state index in [1.807, 2.05) is 23.2 Å². The number of methoxy groups -OCH3 is 2. The summed E-state index contributed by atoms with van der Waals surface area (Å²) in [7, 11) is 3.10. The fourth-order valence-corrected chi connectivity index (χ4v) is 4.75. The summed E-state index contributed by atoms with van der Waals surface area (Å²) in [6, 6.07) is 14.4. The Kier molecular flexibility index (Phi) is 8.08.